The highest BCUT2D eigenvalue weighted by atomic mass is 16.5. The number of carbonyl (C=O) groups excluding carboxylic acids is 2. The van der Waals surface area contributed by atoms with Crippen LogP contribution in [-0.4, -0.2) is 36.0 Å². The van der Waals surface area contributed by atoms with Crippen LogP contribution in [0.1, 0.15) is 12.8 Å². The molecule has 0 saturated carbocycles. The molecule has 1 amide bonds. The Labute approximate surface area is 133 Å². The van der Waals surface area contributed by atoms with E-state index in [0.29, 0.717) is 31.7 Å². The molecule has 0 spiro atoms. The third-order valence-electron chi connectivity index (χ3n) is 3.66. The number of primary amides is 1. The van der Waals surface area contributed by atoms with Gasteiger partial charge >= 0.3 is 11.9 Å². The number of ether oxygens (including phenoxy) is 1. The Morgan fingerprint density at radius 1 is 1.22 bits per heavy atom. The van der Waals surface area contributed by atoms with Gasteiger partial charge in [0.2, 0.25) is 5.91 Å². The van der Waals surface area contributed by atoms with Gasteiger partial charge in [-0.05, 0) is 25.0 Å². The van der Waals surface area contributed by atoms with Crippen LogP contribution >= 0.6 is 0 Å². The molecule has 23 heavy (non-hydrogen) atoms. The molecule has 1 aromatic carbocycles. The second-order valence-electron chi connectivity index (χ2n) is 5.25. The van der Waals surface area contributed by atoms with Crippen molar-refractivity contribution in [2.24, 2.45) is 11.7 Å². The molecule has 0 radical (unpaired) electrons. The van der Waals surface area contributed by atoms with E-state index in [9.17, 15) is 14.4 Å². The molecule has 0 bridgehead atoms. The maximum atomic E-state index is 11.5. The van der Waals surface area contributed by atoms with Crippen molar-refractivity contribution in [1.29, 1.82) is 0 Å². The average molecular weight is 318 g/mol. The topological polar surface area (TPSA) is 110 Å². The molecule has 122 valence electrons. The molecule has 7 nitrogen and oxygen atoms in total. The summed E-state index contributed by atoms with van der Waals surface area (Å²) in [5, 5.41) is 8.47. The van der Waals surface area contributed by atoms with E-state index in [1.807, 2.05) is 6.07 Å². The number of piperidine rings is 1. The number of hydrogen-bond acceptors (Lipinski definition) is 5. The molecule has 1 aromatic rings. The molecule has 7 heteroatoms. The van der Waals surface area contributed by atoms with Gasteiger partial charge in [-0.2, -0.15) is 0 Å². The first-order valence-corrected chi connectivity index (χ1v) is 7.23. The standard InChI is InChI=1S/C16H18N2O5/c17-16(22)11-6-8-18(9-7-11)12-2-1-3-13(10-12)23-15(21)5-4-14(19)20/h1-5,10-11H,6-9H2,(H2,17,22)(H,19,20)/b5-4+. The lowest BCUT2D eigenvalue weighted by Gasteiger charge is -2.32. The van der Waals surface area contributed by atoms with Crippen LogP contribution in [0.3, 0.4) is 0 Å². The Morgan fingerprint density at radius 3 is 2.52 bits per heavy atom. The third-order valence-corrected chi connectivity index (χ3v) is 3.66. The van der Waals surface area contributed by atoms with Gasteiger partial charge in [0, 0.05) is 42.9 Å². The summed E-state index contributed by atoms with van der Waals surface area (Å²) in [5.41, 5.74) is 6.19. The Kier molecular flexibility index (Phi) is 5.35. The molecule has 0 aliphatic carbocycles. The van der Waals surface area contributed by atoms with Crippen LogP contribution in [0.4, 0.5) is 5.69 Å². The van der Waals surface area contributed by atoms with Gasteiger partial charge in [-0.25, -0.2) is 9.59 Å². The number of carbonyl (C=O) groups is 3. The van der Waals surface area contributed by atoms with Crippen molar-refractivity contribution in [3.63, 3.8) is 0 Å². The largest absolute Gasteiger partial charge is 0.478 e. The Morgan fingerprint density at radius 2 is 1.91 bits per heavy atom. The summed E-state index contributed by atoms with van der Waals surface area (Å²) in [6.45, 7) is 1.40. The SMILES string of the molecule is NC(=O)C1CCN(c2cccc(OC(=O)/C=C/C(=O)O)c2)CC1. The predicted octanol–water partition coefficient (Wildman–Crippen LogP) is 0.934. The van der Waals surface area contributed by atoms with E-state index in [0.717, 1.165) is 17.8 Å². The average Bonchev–Trinajstić information content (AvgIpc) is 2.53. The van der Waals surface area contributed by atoms with Gasteiger partial charge in [0.1, 0.15) is 5.75 Å². The number of esters is 1. The highest BCUT2D eigenvalue weighted by Crippen LogP contribution is 2.26. The monoisotopic (exact) mass is 318 g/mol. The lowest BCUT2D eigenvalue weighted by atomic mass is 9.96. The van der Waals surface area contributed by atoms with Gasteiger partial charge in [0.25, 0.3) is 0 Å². The number of amides is 1. The Balaban J connectivity index is 1.99. The summed E-state index contributed by atoms with van der Waals surface area (Å²) < 4.78 is 5.07. The van der Waals surface area contributed by atoms with Crippen molar-refractivity contribution in [2.45, 2.75) is 12.8 Å². The van der Waals surface area contributed by atoms with E-state index in [1.54, 1.807) is 18.2 Å². The minimum absolute atomic E-state index is 0.0894. The van der Waals surface area contributed by atoms with E-state index in [2.05, 4.69) is 4.90 Å². The minimum atomic E-state index is -1.21. The number of aliphatic carboxylic acids is 1. The molecule has 1 saturated heterocycles. The fourth-order valence-corrected chi connectivity index (χ4v) is 2.46. The van der Waals surface area contributed by atoms with Gasteiger partial charge in [-0.15, -0.1) is 0 Å². The first-order valence-electron chi connectivity index (χ1n) is 7.23. The number of nitrogens with zero attached hydrogens (tertiary/aromatic N) is 1. The summed E-state index contributed by atoms with van der Waals surface area (Å²) >= 11 is 0. The number of benzene rings is 1. The normalized spacial score (nSPS) is 15.6. The molecule has 0 atom stereocenters. The van der Waals surface area contributed by atoms with Crippen molar-refractivity contribution in [1.82, 2.24) is 0 Å². The van der Waals surface area contributed by atoms with Crippen LogP contribution in [0.2, 0.25) is 0 Å². The summed E-state index contributed by atoms with van der Waals surface area (Å²) in [5.74, 6) is -1.99. The number of rotatable bonds is 5. The zero-order valence-electron chi connectivity index (χ0n) is 12.5. The van der Waals surface area contributed by atoms with Crippen molar-refractivity contribution in [3.8, 4) is 5.75 Å². The van der Waals surface area contributed by atoms with Crippen LogP contribution in [0, 0.1) is 5.92 Å². The number of nitrogens with two attached hydrogens (primary N) is 1. The van der Waals surface area contributed by atoms with E-state index < -0.39 is 11.9 Å². The quantitative estimate of drug-likeness (QED) is 0.475. The van der Waals surface area contributed by atoms with Crippen molar-refractivity contribution >= 4 is 23.5 Å². The summed E-state index contributed by atoms with van der Waals surface area (Å²) in [6, 6.07) is 6.96. The molecule has 1 fully saturated rings. The molecule has 0 unspecified atom stereocenters. The first kappa shape index (κ1) is 16.5. The van der Waals surface area contributed by atoms with Gasteiger partial charge < -0.3 is 20.5 Å². The van der Waals surface area contributed by atoms with E-state index in [-0.39, 0.29) is 11.8 Å². The maximum Gasteiger partial charge on any atom is 0.336 e. The highest BCUT2D eigenvalue weighted by Gasteiger charge is 2.23. The fraction of sp³-hybridized carbons (Fsp3) is 0.312. The Bertz CT molecular complexity index is 633. The highest BCUT2D eigenvalue weighted by molar-refractivity contribution is 5.91. The minimum Gasteiger partial charge on any atom is -0.478 e. The Hall–Kier alpha value is -2.83. The zero-order valence-corrected chi connectivity index (χ0v) is 12.5. The molecule has 3 N–H and O–H groups in total. The third kappa shape index (κ3) is 4.84. The van der Waals surface area contributed by atoms with Crippen LogP contribution < -0.4 is 15.4 Å². The van der Waals surface area contributed by atoms with E-state index >= 15 is 0 Å². The van der Waals surface area contributed by atoms with E-state index in [1.165, 1.54) is 0 Å². The second-order valence-corrected chi connectivity index (χ2v) is 5.25. The number of carboxylic acid groups (broad SMARTS) is 1. The summed E-state index contributed by atoms with van der Waals surface area (Å²) in [7, 11) is 0. The molecule has 1 heterocycles. The number of anilines is 1. The van der Waals surface area contributed by atoms with Crippen molar-refractivity contribution in [3.05, 3.63) is 36.4 Å². The van der Waals surface area contributed by atoms with Crippen molar-refractivity contribution in [2.75, 3.05) is 18.0 Å². The predicted molar refractivity (Wildman–Crippen MR) is 83.0 cm³/mol. The van der Waals surface area contributed by atoms with Crippen LogP contribution in [0.15, 0.2) is 36.4 Å². The first-order chi connectivity index (χ1) is 11.0. The molecule has 2 rings (SSSR count). The lowest BCUT2D eigenvalue weighted by Crippen LogP contribution is -2.38. The second kappa shape index (κ2) is 7.44. The molecular weight excluding hydrogens is 300 g/mol. The summed E-state index contributed by atoms with van der Waals surface area (Å²) in [4.78, 5) is 35.1. The van der Waals surface area contributed by atoms with Crippen molar-refractivity contribution < 1.29 is 24.2 Å². The number of carboxylic acids is 1. The summed E-state index contributed by atoms with van der Waals surface area (Å²) in [6.07, 6.45) is 2.97. The van der Waals surface area contributed by atoms with Gasteiger partial charge in [-0.3, -0.25) is 4.79 Å². The smallest absolute Gasteiger partial charge is 0.336 e. The van der Waals surface area contributed by atoms with Crippen LogP contribution in [-0.2, 0) is 14.4 Å². The van der Waals surface area contributed by atoms with Crippen LogP contribution in [0.25, 0.3) is 0 Å². The van der Waals surface area contributed by atoms with Gasteiger partial charge in [0.15, 0.2) is 0 Å². The van der Waals surface area contributed by atoms with E-state index in [4.69, 9.17) is 15.6 Å². The lowest BCUT2D eigenvalue weighted by molar-refractivity contribution is -0.133. The molecule has 1 aliphatic heterocycles. The van der Waals surface area contributed by atoms with Gasteiger partial charge in [0.05, 0.1) is 0 Å². The maximum absolute atomic E-state index is 11.5. The zero-order chi connectivity index (χ0) is 16.8. The van der Waals surface area contributed by atoms with Crippen LogP contribution in [0.5, 0.6) is 5.75 Å². The molecule has 1 aliphatic rings. The fourth-order valence-electron chi connectivity index (χ4n) is 2.46. The number of hydrogen-bond donors (Lipinski definition) is 2. The molecular formula is C16H18N2O5. The van der Waals surface area contributed by atoms with Gasteiger partial charge in [-0.1, -0.05) is 6.07 Å². The molecule has 0 aromatic heterocycles.